The Morgan fingerprint density at radius 1 is 1.26 bits per heavy atom. The topological polar surface area (TPSA) is 20.2 Å². The number of hydrogen-bond acceptors (Lipinski definition) is 1. The molecular weight excluding hydrogens is 391 g/mol. The first-order chi connectivity index (χ1) is 8.54. The van der Waals surface area contributed by atoms with Crippen molar-refractivity contribution in [3.63, 3.8) is 0 Å². The van der Waals surface area contributed by atoms with Gasteiger partial charge in [0.1, 0.15) is 0 Å². The summed E-state index contributed by atoms with van der Waals surface area (Å²) in [4.78, 5) is 0.218. The molecule has 2 rings (SSSR count). The van der Waals surface area contributed by atoms with Crippen molar-refractivity contribution in [1.29, 1.82) is 0 Å². The van der Waals surface area contributed by atoms with E-state index in [1.807, 2.05) is 6.08 Å². The standard InChI is InChI=1S/C15H23Br2ClO/c1-9-7-10(19)12(17)13(2,3)15(9)6-5-14(4,18)11(16)8-15/h7,10-12,19H,5-6,8H2,1-4H3/t10-,11-,12+,14+,15-/m0/s1. The lowest BCUT2D eigenvalue weighted by Crippen LogP contribution is -2.56. The lowest BCUT2D eigenvalue weighted by Gasteiger charge is -2.59. The Bertz CT molecular complexity index is 405. The van der Waals surface area contributed by atoms with E-state index in [1.165, 1.54) is 5.57 Å². The molecule has 0 aromatic rings. The second-order valence-corrected chi connectivity index (χ2v) is 9.95. The molecule has 0 bridgehead atoms. The monoisotopic (exact) mass is 412 g/mol. The molecule has 0 amide bonds. The van der Waals surface area contributed by atoms with Crippen molar-refractivity contribution in [2.24, 2.45) is 10.8 Å². The molecule has 0 aromatic carbocycles. The van der Waals surface area contributed by atoms with Gasteiger partial charge in [0.2, 0.25) is 0 Å². The van der Waals surface area contributed by atoms with Gasteiger partial charge in [-0.2, -0.15) is 0 Å². The molecule has 19 heavy (non-hydrogen) atoms. The van der Waals surface area contributed by atoms with Crippen LogP contribution >= 0.6 is 43.5 Å². The van der Waals surface area contributed by atoms with E-state index in [1.54, 1.807) is 0 Å². The fourth-order valence-electron chi connectivity index (χ4n) is 3.88. The molecule has 0 unspecified atom stereocenters. The molecule has 0 radical (unpaired) electrons. The zero-order valence-electron chi connectivity index (χ0n) is 12.0. The third-order valence-corrected chi connectivity index (χ3v) is 9.36. The van der Waals surface area contributed by atoms with Crippen LogP contribution in [0, 0.1) is 10.8 Å². The molecule has 0 aromatic heterocycles. The van der Waals surface area contributed by atoms with Crippen molar-refractivity contribution in [1.82, 2.24) is 0 Å². The van der Waals surface area contributed by atoms with Gasteiger partial charge < -0.3 is 5.11 Å². The molecule has 1 nitrogen and oxygen atoms in total. The van der Waals surface area contributed by atoms with Crippen LogP contribution in [0.4, 0.5) is 0 Å². The number of allylic oxidation sites excluding steroid dienone is 1. The van der Waals surface area contributed by atoms with Gasteiger partial charge in [0.05, 0.1) is 15.8 Å². The highest BCUT2D eigenvalue weighted by molar-refractivity contribution is 9.09. The molecule has 2 aliphatic carbocycles. The summed E-state index contributed by atoms with van der Waals surface area (Å²) in [6, 6.07) is 0. The maximum atomic E-state index is 10.2. The largest absolute Gasteiger partial charge is 0.388 e. The lowest BCUT2D eigenvalue weighted by molar-refractivity contribution is 0.0124. The van der Waals surface area contributed by atoms with Crippen LogP contribution in [0.1, 0.15) is 47.0 Å². The average Bonchev–Trinajstić information content (AvgIpc) is 2.29. The summed E-state index contributed by atoms with van der Waals surface area (Å²) in [6.07, 6.45) is 4.73. The maximum Gasteiger partial charge on any atom is 0.0854 e. The van der Waals surface area contributed by atoms with Crippen molar-refractivity contribution < 1.29 is 5.11 Å². The predicted octanol–water partition coefficient (Wildman–Crippen LogP) is 5.03. The van der Waals surface area contributed by atoms with E-state index in [0.29, 0.717) is 4.83 Å². The Hall–Kier alpha value is 0.950. The van der Waals surface area contributed by atoms with Crippen LogP contribution in [-0.4, -0.2) is 25.7 Å². The van der Waals surface area contributed by atoms with E-state index < -0.39 is 6.10 Å². The Kier molecular flexibility index (Phi) is 4.29. The van der Waals surface area contributed by atoms with E-state index in [4.69, 9.17) is 11.6 Å². The summed E-state index contributed by atoms with van der Waals surface area (Å²) in [5.41, 5.74) is 1.44. The summed E-state index contributed by atoms with van der Waals surface area (Å²) in [6.45, 7) is 8.82. The molecule has 4 heteroatoms. The number of hydrogen-bond donors (Lipinski definition) is 1. The van der Waals surface area contributed by atoms with E-state index in [-0.39, 0.29) is 20.5 Å². The van der Waals surface area contributed by atoms with Crippen molar-refractivity contribution in [2.45, 2.75) is 67.6 Å². The molecule has 5 atom stereocenters. The first kappa shape index (κ1) is 16.3. The second kappa shape index (κ2) is 5.00. The lowest BCUT2D eigenvalue weighted by atomic mass is 9.50. The molecule has 0 heterocycles. The SMILES string of the molecule is CC1=C[C@H](O)[C@@H](Br)C(C)(C)[C@]12CC[C@@](C)(Cl)[C@@H](Br)C2. The highest BCUT2D eigenvalue weighted by Crippen LogP contribution is 2.63. The molecule has 0 aliphatic heterocycles. The maximum absolute atomic E-state index is 10.2. The van der Waals surface area contributed by atoms with Gasteiger partial charge in [0, 0.05) is 4.83 Å². The Morgan fingerprint density at radius 2 is 1.84 bits per heavy atom. The van der Waals surface area contributed by atoms with Crippen molar-refractivity contribution in [3.05, 3.63) is 11.6 Å². The van der Waals surface area contributed by atoms with Crippen LogP contribution in [0.5, 0.6) is 0 Å². The number of halogens is 3. The first-order valence-electron chi connectivity index (χ1n) is 6.89. The number of aliphatic hydroxyl groups excluding tert-OH is 1. The van der Waals surface area contributed by atoms with Crippen molar-refractivity contribution in [2.75, 3.05) is 0 Å². The van der Waals surface area contributed by atoms with Gasteiger partial charge in [-0.15, -0.1) is 11.6 Å². The van der Waals surface area contributed by atoms with Crippen LogP contribution in [0.2, 0.25) is 0 Å². The van der Waals surface area contributed by atoms with Crippen LogP contribution in [-0.2, 0) is 0 Å². The molecule has 1 fully saturated rings. The Balaban J connectivity index is 2.45. The van der Waals surface area contributed by atoms with Crippen molar-refractivity contribution in [3.8, 4) is 0 Å². The van der Waals surface area contributed by atoms with Crippen LogP contribution in [0.3, 0.4) is 0 Å². The van der Waals surface area contributed by atoms with Gasteiger partial charge in [-0.3, -0.25) is 0 Å². The molecule has 110 valence electrons. The van der Waals surface area contributed by atoms with Crippen LogP contribution < -0.4 is 0 Å². The minimum atomic E-state index is -0.404. The fourth-order valence-corrected chi connectivity index (χ4v) is 5.42. The Morgan fingerprint density at radius 3 is 2.37 bits per heavy atom. The summed E-state index contributed by atoms with van der Waals surface area (Å²) in [7, 11) is 0. The average molecular weight is 415 g/mol. The summed E-state index contributed by atoms with van der Waals surface area (Å²) >= 11 is 14.1. The van der Waals surface area contributed by atoms with Crippen LogP contribution in [0.15, 0.2) is 11.6 Å². The molecule has 2 aliphatic rings. The first-order valence-corrected chi connectivity index (χ1v) is 9.09. The third-order valence-electron chi connectivity index (χ3n) is 5.62. The van der Waals surface area contributed by atoms with E-state index in [2.05, 4.69) is 59.6 Å². The van der Waals surface area contributed by atoms with Gasteiger partial charge in [0.25, 0.3) is 0 Å². The highest BCUT2D eigenvalue weighted by atomic mass is 79.9. The van der Waals surface area contributed by atoms with Gasteiger partial charge >= 0.3 is 0 Å². The Labute approximate surface area is 138 Å². The normalized spacial score (nSPS) is 50.1. The van der Waals surface area contributed by atoms with Gasteiger partial charge in [0.15, 0.2) is 0 Å². The summed E-state index contributed by atoms with van der Waals surface area (Å²) in [5.74, 6) is 0. The number of rotatable bonds is 0. The highest BCUT2D eigenvalue weighted by Gasteiger charge is 2.58. The molecule has 1 N–H and O–H groups in total. The zero-order valence-corrected chi connectivity index (χ0v) is 15.9. The molecule has 0 saturated heterocycles. The van der Waals surface area contributed by atoms with Gasteiger partial charge in [-0.25, -0.2) is 0 Å². The van der Waals surface area contributed by atoms with E-state index >= 15 is 0 Å². The van der Waals surface area contributed by atoms with Crippen molar-refractivity contribution >= 4 is 43.5 Å². The number of alkyl halides is 3. The minimum Gasteiger partial charge on any atom is -0.388 e. The smallest absolute Gasteiger partial charge is 0.0854 e. The predicted molar refractivity (Wildman–Crippen MR) is 89.5 cm³/mol. The molecule has 1 saturated carbocycles. The third kappa shape index (κ3) is 2.37. The zero-order chi connectivity index (χ0) is 14.6. The summed E-state index contributed by atoms with van der Waals surface area (Å²) in [5, 5.41) is 10.2. The summed E-state index contributed by atoms with van der Waals surface area (Å²) < 4.78 is 0. The van der Waals surface area contributed by atoms with Crippen LogP contribution in [0.25, 0.3) is 0 Å². The molecular formula is C15H23Br2ClO. The fraction of sp³-hybridized carbons (Fsp3) is 0.867. The minimum absolute atomic E-state index is 0.00462. The quantitative estimate of drug-likeness (QED) is 0.435. The second-order valence-electron chi connectivity index (χ2n) is 7.00. The number of aliphatic hydroxyl groups is 1. The van der Waals surface area contributed by atoms with E-state index in [0.717, 1.165) is 19.3 Å². The molecule has 1 spiro atoms. The van der Waals surface area contributed by atoms with Gasteiger partial charge in [-0.05, 0) is 43.9 Å². The van der Waals surface area contributed by atoms with E-state index in [9.17, 15) is 5.11 Å². The van der Waals surface area contributed by atoms with Gasteiger partial charge in [-0.1, -0.05) is 57.4 Å².